The molecule has 1 heterocycles. The topological polar surface area (TPSA) is 105 Å². The third-order valence-corrected chi connectivity index (χ3v) is 2.84. The number of H-pyrrole nitrogens is 1. The van der Waals surface area contributed by atoms with Gasteiger partial charge in [-0.15, -0.1) is 10.2 Å². The van der Waals surface area contributed by atoms with Gasteiger partial charge >= 0.3 is 5.97 Å². The highest BCUT2D eigenvalue weighted by atomic mass is 16.5. The number of hydrogen-bond donors (Lipinski definition) is 2. The van der Waals surface area contributed by atoms with Crippen molar-refractivity contribution in [3.8, 4) is 17.1 Å². The summed E-state index contributed by atoms with van der Waals surface area (Å²) in [6, 6.07) is 7.12. The van der Waals surface area contributed by atoms with Crippen LogP contribution in [0.25, 0.3) is 11.4 Å². The van der Waals surface area contributed by atoms with E-state index in [1.165, 1.54) is 0 Å². The van der Waals surface area contributed by atoms with Gasteiger partial charge < -0.3 is 14.8 Å². The van der Waals surface area contributed by atoms with Crippen LogP contribution in [0.3, 0.4) is 0 Å². The number of hydrogen-bond acceptors (Lipinski definition) is 5. The molecule has 22 heavy (non-hydrogen) atoms. The van der Waals surface area contributed by atoms with E-state index in [4.69, 9.17) is 9.84 Å². The van der Waals surface area contributed by atoms with Gasteiger partial charge in [-0.3, -0.25) is 9.59 Å². The zero-order valence-electron chi connectivity index (χ0n) is 12.4. The molecule has 0 bridgehead atoms. The molecule has 1 aromatic heterocycles. The molecule has 0 aliphatic rings. The van der Waals surface area contributed by atoms with Crippen LogP contribution in [0.1, 0.15) is 26.0 Å². The van der Waals surface area contributed by atoms with Crippen LogP contribution in [0.5, 0.6) is 5.75 Å². The lowest BCUT2D eigenvalue weighted by molar-refractivity contribution is -0.136. The van der Waals surface area contributed by atoms with Crippen molar-refractivity contribution in [2.75, 3.05) is 0 Å². The molecule has 2 rings (SSSR count). The summed E-state index contributed by atoms with van der Waals surface area (Å²) in [4.78, 5) is 25.0. The molecular weight excluding hydrogens is 286 g/mol. The number of nitrogens with one attached hydrogen (secondary N) is 1. The Bertz CT molecular complexity index is 707. The van der Waals surface area contributed by atoms with Gasteiger partial charge in [-0.25, -0.2) is 0 Å². The number of carboxylic acid groups (broad SMARTS) is 1. The van der Waals surface area contributed by atoms with E-state index in [1.54, 1.807) is 24.3 Å². The molecule has 2 N–H and O–H groups in total. The number of nitrogens with zero attached hydrogens (tertiary/aromatic N) is 2. The molecule has 0 atom stereocenters. The van der Waals surface area contributed by atoms with Crippen molar-refractivity contribution < 1.29 is 14.6 Å². The Morgan fingerprint density at radius 2 is 1.95 bits per heavy atom. The van der Waals surface area contributed by atoms with E-state index >= 15 is 0 Å². The summed E-state index contributed by atoms with van der Waals surface area (Å²) in [6.07, 6.45) is -0.0174. The van der Waals surface area contributed by atoms with E-state index in [1.807, 2.05) is 13.8 Å². The number of aryl methyl sites for hydroxylation is 1. The average molecular weight is 303 g/mol. The van der Waals surface area contributed by atoms with E-state index < -0.39 is 11.5 Å². The standard InChI is InChI=1S/C15H17N3O4/c1-9(2)22-11-5-3-10(4-6-11)14-16-15(21)12(17-18-14)7-8-13(19)20/h3-6,9H,7-8H2,1-2H3,(H,19,20)(H,16,18,21). The third kappa shape index (κ3) is 4.15. The van der Waals surface area contributed by atoms with Crippen molar-refractivity contribution >= 4 is 5.97 Å². The van der Waals surface area contributed by atoms with Crippen LogP contribution in [-0.2, 0) is 11.2 Å². The van der Waals surface area contributed by atoms with E-state index in [0.717, 1.165) is 5.75 Å². The highest BCUT2D eigenvalue weighted by molar-refractivity contribution is 5.66. The predicted molar refractivity (Wildman–Crippen MR) is 79.8 cm³/mol. The first-order valence-electron chi connectivity index (χ1n) is 6.90. The first-order valence-corrected chi connectivity index (χ1v) is 6.90. The van der Waals surface area contributed by atoms with Gasteiger partial charge in [0.1, 0.15) is 11.4 Å². The highest BCUT2D eigenvalue weighted by Gasteiger charge is 2.09. The van der Waals surface area contributed by atoms with Gasteiger partial charge in [0.25, 0.3) is 5.56 Å². The number of aliphatic carboxylic acids is 1. The zero-order chi connectivity index (χ0) is 16.1. The van der Waals surface area contributed by atoms with E-state index in [0.29, 0.717) is 11.4 Å². The first kappa shape index (κ1) is 15.7. The van der Waals surface area contributed by atoms with Crippen molar-refractivity contribution in [3.05, 3.63) is 40.3 Å². The Labute approximate surface area is 127 Å². The molecular formula is C15H17N3O4. The van der Waals surface area contributed by atoms with Crippen LogP contribution < -0.4 is 10.3 Å². The fraction of sp³-hybridized carbons (Fsp3) is 0.333. The van der Waals surface area contributed by atoms with Crippen molar-refractivity contribution in [2.24, 2.45) is 0 Å². The molecule has 0 spiro atoms. The quantitative estimate of drug-likeness (QED) is 0.840. The first-order chi connectivity index (χ1) is 10.5. The van der Waals surface area contributed by atoms with Crippen molar-refractivity contribution in [1.82, 2.24) is 15.2 Å². The number of carboxylic acids is 1. The van der Waals surface area contributed by atoms with E-state index in [2.05, 4.69) is 15.2 Å². The van der Waals surface area contributed by atoms with Crippen LogP contribution in [-0.4, -0.2) is 32.4 Å². The SMILES string of the molecule is CC(C)Oc1ccc(-c2nnc(CCC(=O)O)c(=O)[nH]2)cc1. The fourth-order valence-corrected chi connectivity index (χ4v) is 1.84. The fourth-order valence-electron chi connectivity index (χ4n) is 1.84. The molecule has 7 heteroatoms. The lowest BCUT2D eigenvalue weighted by Crippen LogP contribution is -2.18. The maximum Gasteiger partial charge on any atom is 0.303 e. The van der Waals surface area contributed by atoms with Gasteiger partial charge in [0, 0.05) is 12.0 Å². The summed E-state index contributed by atoms with van der Waals surface area (Å²) >= 11 is 0. The van der Waals surface area contributed by atoms with Crippen molar-refractivity contribution in [1.29, 1.82) is 0 Å². The molecule has 0 aliphatic carbocycles. The van der Waals surface area contributed by atoms with Gasteiger partial charge in [-0.05, 0) is 38.1 Å². The van der Waals surface area contributed by atoms with Crippen LogP contribution >= 0.6 is 0 Å². The second-order valence-electron chi connectivity index (χ2n) is 5.03. The van der Waals surface area contributed by atoms with Crippen molar-refractivity contribution in [3.63, 3.8) is 0 Å². The Morgan fingerprint density at radius 1 is 1.27 bits per heavy atom. The van der Waals surface area contributed by atoms with Gasteiger partial charge in [-0.2, -0.15) is 0 Å². The lowest BCUT2D eigenvalue weighted by Gasteiger charge is -2.09. The molecule has 0 radical (unpaired) electrons. The van der Waals surface area contributed by atoms with E-state index in [-0.39, 0.29) is 24.6 Å². The number of carbonyl (C=O) groups is 1. The predicted octanol–water partition coefficient (Wildman–Crippen LogP) is 1.64. The third-order valence-electron chi connectivity index (χ3n) is 2.84. The van der Waals surface area contributed by atoms with E-state index in [9.17, 15) is 9.59 Å². The van der Waals surface area contributed by atoms with Gasteiger partial charge in [0.05, 0.1) is 12.5 Å². The molecule has 0 aliphatic heterocycles. The molecule has 2 aromatic rings. The zero-order valence-corrected chi connectivity index (χ0v) is 12.4. The summed E-state index contributed by atoms with van der Waals surface area (Å²) in [5.74, 6) is 0.0818. The maximum atomic E-state index is 11.9. The molecule has 7 nitrogen and oxygen atoms in total. The molecule has 0 saturated heterocycles. The largest absolute Gasteiger partial charge is 0.491 e. The minimum Gasteiger partial charge on any atom is -0.491 e. The molecule has 0 saturated carbocycles. The Morgan fingerprint density at radius 3 is 2.50 bits per heavy atom. The van der Waals surface area contributed by atoms with Gasteiger partial charge in [-0.1, -0.05) is 0 Å². The molecule has 0 fully saturated rings. The van der Waals surface area contributed by atoms with Crippen molar-refractivity contribution in [2.45, 2.75) is 32.8 Å². The summed E-state index contributed by atoms with van der Waals surface area (Å²) in [7, 11) is 0. The molecule has 0 amide bonds. The minimum absolute atomic E-state index is 0.0547. The molecule has 116 valence electrons. The molecule has 1 aromatic carbocycles. The lowest BCUT2D eigenvalue weighted by atomic mass is 10.2. The second kappa shape index (κ2) is 6.84. The minimum atomic E-state index is -0.981. The Balaban J connectivity index is 2.17. The summed E-state index contributed by atoms with van der Waals surface area (Å²) in [6.45, 7) is 3.87. The summed E-state index contributed by atoms with van der Waals surface area (Å²) in [5.41, 5.74) is 0.394. The Hall–Kier alpha value is -2.70. The molecule has 0 unspecified atom stereocenters. The van der Waals surface area contributed by atoms with Gasteiger partial charge in [0.15, 0.2) is 5.82 Å². The average Bonchev–Trinajstić information content (AvgIpc) is 2.46. The van der Waals surface area contributed by atoms with Crippen LogP contribution in [0.2, 0.25) is 0 Å². The van der Waals surface area contributed by atoms with Crippen LogP contribution in [0.4, 0.5) is 0 Å². The number of aromatic amines is 1. The van der Waals surface area contributed by atoms with Gasteiger partial charge in [0.2, 0.25) is 0 Å². The summed E-state index contributed by atoms with van der Waals surface area (Å²) in [5, 5.41) is 16.4. The monoisotopic (exact) mass is 303 g/mol. The number of benzene rings is 1. The maximum absolute atomic E-state index is 11.9. The normalized spacial score (nSPS) is 10.7. The number of rotatable bonds is 6. The summed E-state index contributed by atoms with van der Waals surface area (Å²) < 4.78 is 5.54. The van der Waals surface area contributed by atoms with Crippen LogP contribution in [0, 0.1) is 0 Å². The van der Waals surface area contributed by atoms with Crippen LogP contribution in [0.15, 0.2) is 29.1 Å². The highest BCUT2D eigenvalue weighted by Crippen LogP contribution is 2.19. The number of aromatic nitrogens is 3. The smallest absolute Gasteiger partial charge is 0.303 e. The number of ether oxygens (including phenoxy) is 1. The Kier molecular flexibility index (Phi) is 4.88. The second-order valence-corrected chi connectivity index (χ2v) is 5.03.